The lowest BCUT2D eigenvalue weighted by molar-refractivity contribution is 0.215. The van der Waals surface area contributed by atoms with Crippen molar-refractivity contribution in [2.45, 2.75) is 20.0 Å². The molecule has 102 valence electrons. The van der Waals surface area contributed by atoms with E-state index in [1.54, 1.807) is 36.2 Å². The van der Waals surface area contributed by atoms with E-state index in [1.165, 1.54) is 6.07 Å². The molecule has 0 aliphatic carbocycles. The van der Waals surface area contributed by atoms with Gasteiger partial charge in [0.2, 0.25) is 0 Å². The predicted octanol–water partition coefficient (Wildman–Crippen LogP) is 2.57. The van der Waals surface area contributed by atoms with Gasteiger partial charge >= 0.3 is 0 Å². The van der Waals surface area contributed by atoms with E-state index < -0.39 is 11.9 Å². The molecule has 20 heavy (non-hydrogen) atoms. The number of hydrogen-bond donors (Lipinski definition) is 1. The summed E-state index contributed by atoms with van der Waals surface area (Å²) in [5.74, 6) is -0.404. The van der Waals surface area contributed by atoms with Crippen LogP contribution in [0.4, 0.5) is 4.39 Å². The summed E-state index contributed by atoms with van der Waals surface area (Å²) in [6, 6.07) is 3.28. The van der Waals surface area contributed by atoms with Crippen LogP contribution in [0.1, 0.15) is 28.4 Å². The van der Waals surface area contributed by atoms with Crippen molar-refractivity contribution in [3.63, 3.8) is 0 Å². The van der Waals surface area contributed by atoms with Crippen LogP contribution in [0, 0.1) is 19.7 Å². The van der Waals surface area contributed by atoms with Gasteiger partial charge in [0.25, 0.3) is 0 Å². The van der Waals surface area contributed by atoms with Gasteiger partial charge in [0.05, 0.1) is 17.9 Å². The van der Waals surface area contributed by atoms with Crippen LogP contribution in [-0.2, 0) is 0 Å². The number of aryl methyl sites for hydroxylation is 2. The van der Waals surface area contributed by atoms with Gasteiger partial charge in [-0.05, 0) is 31.0 Å². The van der Waals surface area contributed by atoms with Crippen LogP contribution in [0.25, 0.3) is 5.52 Å². The van der Waals surface area contributed by atoms with Gasteiger partial charge in [-0.15, -0.1) is 0 Å². The zero-order chi connectivity index (χ0) is 14.3. The van der Waals surface area contributed by atoms with Gasteiger partial charge in [0.15, 0.2) is 0 Å². The van der Waals surface area contributed by atoms with Crippen molar-refractivity contribution in [2.24, 2.45) is 0 Å². The summed E-state index contributed by atoms with van der Waals surface area (Å²) < 4.78 is 15.8. The van der Waals surface area contributed by atoms with E-state index >= 15 is 0 Å². The molecule has 1 atom stereocenters. The molecule has 0 spiro atoms. The monoisotopic (exact) mass is 271 g/mol. The fourth-order valence-electron chi connectivity index (χ4n) is 2.49. The van der Waals surface area contributed by atoms with Crippen molar-refractivity contribution in [3.05, 3.63) is 65.0 Å². The Morgan fingerprint density at radius 2 is 2.05 bits per heavy atom. The van der Waals surface area contributed by atoms with Crippen molar-refractivity contribution in [2.75, 3.05) is 0 Å². The molecule has 2 heterocycles. The maximum Gasteiger partial charge on any atom is 0.129 e. The number of benzene rings is 1. The number of hydrogen-bond acceptors (Lipinski definition) is 3. The van der Waals surface area contributed by atoms with Crippen molar-refractivity contribution in [1.29, 1.82) is 0 Å². The molecule has 5 heteroatoms. The number of aliphatic hydroxyl groups excluding tert-OH is 1. The van der Waals surface area contributed by atoms with Crippen LogP contribution in [-0.4, -0.2) is 19.7 Å². The summed E-state index contributed by atoms with van der Waals surface area (Å²) in [7, 11) is 0. The Balaban J connectivity index is 2.16. The Bertz CT molecular complexity index is 759. The second-order valence-electron chi connectivity index (χ2n) is 4.89. The highest BCUT2D eigenvalue weighted by molar-refractivity contribution is 5.55. The zero-order valence-electron chi connectivity index (χ0n) is 11.2. The molecule has 1 unspecified atom stereocenters. The van der Waals surface area contributed by atoms with E-state index in [4.69, 9.17) is 0 Å². The SMILES string of the molecule is Cc1cc(C)c(C(O)c2cnn3ccncc23)c(F)c1. The van der Waals surface area contributed by atoms with E-state index in [9.17, 15) is 9.50 Å². The first-order valence-corrected chi connectivity index (χ1v) is 6.30. The van der Waals surface area contributed by atoms with Crippen LogP contribution in [0.5, 0.6) is 0 Å². The fourth-order valence-corrected chi connectivity index (χ4v) is 2.49. The van der Waals surface area contributed by atoms with Gasteiger partial charge in [-0.25, -0.2) is 8.91 Å². The minimum atomic E-state index is -1.06. The average molecular weight is 271 g/mol. The van der Waals surface area contributed by atoms with Crippen molar-refractivity contribution < 1.29 is 9.50 Å². The summed E-state index contributed by atoms with van der Waals surface area (Å²) in [6.07, 6.45) is 5.38. The molecule has 2 aromatic heterocycles. The number of rotatable bonds is 2. The molecule has 0 amide bonds. The minimum absolute atomic E-state index is 0.286. The highest BCUT2D eigenvalue weighted by atomic mass is 19.1. The highest BCUT2D eigenvalue weighted by Crippen LogP contribution is 2.30. The first kappa shape index (κ1) is 12.7. The molecular weight excluding hydrogens is 257 g/mol. The lowest BCUT2D eigenvalue weighted by Gasteiger charge is -2.14. The molecule has 0 aliphatic rings. The Morgan fingerprint density at radius 3 is 2.80 bits per heavy atom. The van der Waals surface area contributed by atoms with E-state index in [0.717, 1.165) is 11.1 Å². The first-order chi connectivity index (χ1) is 9.58. The number of halogens is 1. The molecule has 0 radical (unpaired) electrons. The summed E-state index contributed by atoms with van der Waals surface area (Å²) in [6.45, 7) is 3.62. The minimum Gasteiger partial charge on any atom is -0.383 e. The second kappa shape index (κ2) is 4.68. The molecule has 1 N–H and O–H groups in total. The smallest absolute Gasteiger partial charge is 0.129 e. The zero-order valence-corrected chi connectivity index (χ0v) is 11.2. The maximum absolute atomic E-state index is 14.2. The highest BCUT2D eigenvalue weighted by Gasteiger charge is 2.21. The van der Waals surface area contributed by atoms with Crippen LogP contribution in [0.3, 0.4) is 0 Å². The average Bonchev–Trinajstić information content (AvgIpc) is 2.81. The molecular formula is C15H14FN3O. The molecule has 0 aliphatic heterocycles. The lowest BCUT2D eigenvalue weighted by Crippen LogP contribution is -2.05. The second-order valence-corrected chi connectivity index (χ2v) is 4.89. The topological polar surface area (TPSA) is 50.4 Å². The number of fused-ring (bicyclic) bond motifs is 1. The van der Waals surface area contributed by atoms with Gasteiger partial charge in [-0.3, -0.25) is 4.98 Å². The summed E-state index contributed by atoms with van der Waals surface area (Å²) in [5.41, 5.74) is 3.05. The van der Waals surface area contributed by atoms with Gasteiger partial charge in [0.1, 0.15) is 11.9 Å². The summed E-state index contributed by atoms with van der Waals surface area (Å²) in [5, 5.41) is 14.6. The molecule has 0 bridgehead atoms. The van der Waals surface area contributed by atoms with E-state index in [1.807, 2.05) is 13.0 Å². The van der Waals surface area contributed by atoms with Crippen LogP contribution in [0.15, 0.2) is 36.9 Å². The van der Waals surface area contributed by atoms with E-state index in [0.29, 0.717) is 11.1 Å². The van der Waals surface area contributed by atoms with Crippen molar-refractivity contribution in [1.82, 2.24) is 14.6 Å². The van der Waals surface area contributed by atoms with Crippen LogP contribution >= 0.6 is 0 Å². The number of aliphatic hydroxyl groups is 1. The largest absolute Gasteiger partial charge is 0.383 e. The molecule has 0 fully saturated rings. The van der Waals surface area contributed by atoms with Gasteiger partial charge < -0.3 is 5.11 Å². The summed E-state index contributed by atoms with van der Waals surface area (Å²) >= 11 is 0. The predicted molar refractivity (Wildman–Crippen MR) is 72.9 cm³/mol. The fraction of sp³-hybridized carbons (Fsp3) is 0.200. The normalized spacial score (nSPS) is 12.8. The Kier molecular flexibility index (Phi) is 2.99. The molecule has 0 saturated heterocycles. The maximum atomic E-state index is 14.2. The molecule has 3 aromatic rings. The van der Waals surface area contributed by atoms with Crippen molar-refractivity contribution in [3.8, 4) is 0 Å². The third-order valence-corrected chi connectivity index (χ3v) is 3.40. The summed E-state index contributed by atoms with van der Waals surface area (Å²) in [4.78, 5) is 4.02. The first-order valence-electron chi connectivity index (χ1n) is 6.30. The van der Waals surface area contributed by atoms with Gasteiger partial charge in [-0.2, -0.15) is 5.10 Å². The Morgan fingerprint density at radius 1 is 1.25 bits per heavy atom. The molecule has 0 saturated carbocycles. The quantitative estimate of drug-likeness (QED) is 0.779. The van der Waals surface area contributed by atoms with E-state index in [-0.39, 0.29) is 5.56 Å². The van der Waals surface area contributed by atoms with Gasteiger partial charge in [0, 0.05) is 23.5 Å². The number of aromatic nitrogens is 3. The Labute approximate surface area is 115 Å². The Hall–Kier alpha value is -2.27. The van der Waals surface area contributed by atoms with Crippen molar-refractivity contribution >= 4 is 5.52 Å². The number of nitrogens with zero attached hydrogens (tertiary/aromatic N) is 3. The third-order valence-electron chi connectivity index (χ3n) is 3.40. The third kappa shape index (κ3) is 1.96. The van der Waals surface area contributed by atoms with Crippen LogP contribution < -0.4 is 0 Å². The lowest BCUT2D eigenvalue weighted by atomic mass is 9.96. The molecule has 4 nitrogen and oxygen atoms in total. The standard InChI is InChI=1S/C15H14FN3O/c1-9-5-10(2)14(12(16)6-9)15(20)11-7-18-19-4-3-17-8-13(11)19/h3-8,15,20H,1-2H3. The molecule has 1 aromatic carbocycles. The van der Waals surface area contributed by atoms with E-state index in [2.05, 4.69) is 10.1 Å². The molecule has 3 rings (SSSR count). The van der Waals surface area contributed by atoms with Crippen LogP contribution in [0.2, 0.25) is 0 Å². The van der Waals surface area contributed by atoms with Gasteiger partial charge in [-0.1, -0.05) is 6.07 Å².